The number of benzene rings is 1. The average Bonchev–Trinajstić information content (AvgIpc) is 3.34. The number of phenols is 2. The number of nitrogens with one attached hydrogen (secondary N) is 1. The number of rotatable bonds is 8. The first-order chi connectivity index (χ1) is 16.7. The van der Waals surface area contributed by atoms with E-state index in [1.54, 1.807) is 12.1 Å². The SMILES string of the molecule is COC1(NC(=O)Cc2cccs2)C(=O)N2C(C(=O)O)=C(COC(=O)c3ccc(O)c(O)c3)CS[C@@H]21. The van der Waals surface area contributed by atoms with Crippen molar-refractivity contribution in [3.8, 4) is 11.5 Å². The second-order valence-electron chi connectivity index (χ2n) is 7.62. The number of β-lactam (4-membered cyclic amide) rings is 1. The number of hydrogen-bond acceptors (Lipinski definition) is 10. The Morgan fingerprint density at radius 2 is 2.00 bits per heavy atom. The summed E-state index contributed by atoms with van der Waals surface area (Å²) in [5.74, 6) is -4.27. The van der Waals surface area contributed by atoms with Crippen molar-refractivity contribution >= 4 is 46.9 Å². The minimum atomic E-state index is -1.72. The van der Waals surface area contributed by atoms with Gasteiger partial charge in [0.1, 0.15) is 17.7 Å². The molecule has 0 saturated carbocycles. The number of aliphatic carboxylic acids is 1. The van der Waals surface area contributed by atoms with Crippen LogP contribution in [0.5, 0.6) is 11.5 Å². The number of phenolic OH excluding ortho intramolecular Hbond substituents is 2. The number of methoxy groups -OCH3 is 1. The van der Waals surface area contributed by atoms with Crippen molar-refractivity contribution in [2.24, 2.45) is 0 Å². The van der Waals surface area contributed by atoms with Crippen molar-refractivity contribution in [3.05, 3.63) is 57.4 Å². The van der Waals surface area contributed by atoms with Crippen LogP contribution in [0.25, 0.3) is 0 Å². The van der Waals surface area contributed by atoms with Crippen LogP contribution in [0.2, 0.25) is 0 Å². The number of amides is 2. The number of esters is 1. The zero-order valence-electron chi connectivity index (χ0n) is 18.2. The van der Waals surface area contributed by atoms with E-state index in [1.807, 2.05) is 5.38 Å². The normalized spacial score (nSPS) is 21.2. The highest BCUT2D eigenvalue weighted by Crippen LogP contribution is 2.46. The molecule has 1 unspecified atom stereocenters. The van der Waals surface area contributed by atoms with Crippen molar-refractivity contribution in [2.45, 2.75) is 17.5 Å². The molecule has 1 saturated heterocycles. The molecule has 4 N–H and O–H groups in total. The lowest BCUT2D eigenvalue weighted by molar-refractivity contribution is -0.192. The number of carboxylic acids is 1. The molecule has 0 bridgehead atoms. The summed E-state index contributed by atoms with van der Waals surface area (Å²) in [6.07, 6.45) is 0.0447. The summed E-state index contributed by atoms with van der Waals surface area (Å²) in [6.45, 7) is -0.420. The molecule has 184 valence electrons. The molecule has 13 heteroatoms. The van der Waals surface area contributed by atoms with Gasteiger partial charge in [-0.15, -0.1) is 23.1 Å². The molecule has 2 aliphatic rings. The molecule has 2 aromatic rings. The van der Waals surface area contributed by atoms with Crippen molar-refractivity contribution in [3.63, 3.8) is 0 Å². The van der Waals surface area contributed by atoms with E-state index in [-0.39, 0.29) is 29.0 Å². The summed E-state index contributed by atoms with van der Waals surface area (Å²) < 4.78 is 10.6. The molecule has 0 aliphatic carbocycles. The van der Waals surface area contributed by atoms with E-state index in [0.717, 1.165) is 33.7 Å². The van der Waals surface area contributed by atoms with Crippen LogP contribution in [-0.4, -0.2) is 74.5 Å². The molecule has 3 heterocycles. The van der Waals surface area contributed by atoms with Crippen LogP contribution in [0.1, 0.15) is 15.2 Å². The highest BCUT2D eigenvalue weighted by atomic mass is 32.2. The zero-order chi connectivity index (χ0) is 25.3. The fraction of sp³-hybridized carbons (Fsp3) is 0.273. The number of ether oxygens (including phenoxy) is 2. The van der Waals surface area contributed by atoms with Crippen LogP contribution in [0.15, 0.2) is 47.0 Å². The Bertz CT molecular complexity index is 1230. The van der Waals surface area contributed by atoms with Crippen molar-refractivity contribution < 1.29 is 44.0 Å². The lowest BCUT2D eigenvalue weighted by atomic mass is 9.98. The number of aromatic hydroxyl groups is 2. The number of carbonyl (C=O) groups is 4. The minimum Gasteiger partial charge on any atom is -0.504 e. The van der Waals surface area contributed by atoms with Crippen molar-refractivity contribution in [1.29, 1.82) is 0 Å². The lowest BCUT2D eigenvalue weighted by Gasteiger charge is -2.55. The number of thiophene rings is 1. The zero-order valence-corrected chi connectivity index (χ0v) is 19.9. The fourth-order valence-electron chi connectivity index (χ4n) is 3.76. The maximum atomic E-state index is 13.1. The van der Waals surface area contributed by atoms with Gasteiger partial charge in [-0.25, -0.2) is 9.59 Å². The third-order valence-corrected chi connectivity index (χ3v) is 7.71. The van der Waals surface area contributed by atoms with E-state index < -0.39 is 53.0 Å². The Balaban J connectivity index is 1.50. The van der Waals surface area contributed by atoms with Gasteiger partial charge >= 0.3 is 11.9 Å². The van der Waals surface area contributed by atoms with E-state index in [4.69, 9.17) is 9.47 Å². The predicted molar refractivity (Wildman–Crippen MR) is 124 cm³/mol. The Morgan fingerprint density at radius 1 is 1.23 bits per heavy atom. The van der Waals surface area contributed by atoms with Crippen LogP contribution < -0.4 is 5.32 Å². The molecule has 1 fully saturated rings. The first-order valence-electron chi connectivity index (χ1n) is 10.2. The summed E-state index contributed by atoms with van der Waals surface area (Å²) in [7, 11) is 1.26. The van der Waals surface area contributed by atoms with Gasteiger partial charge in [0.15, 0.2) is 11.5 Å². The van der Waals surface area contributed by atoms with Crippen LogP contribution in [0.3, 0.4) is 0 Å². The van der Waals surface area contributed by atoms with E-state index in [9.17, 15) is 34.5 Å². The van der Waals surface area contributed by atoms with Gasteiger partial charge in [0.2, 0.25) is 5.91 Å². The number of fused-ring (bicyclic) bond motifs is 1. The predicted octanol–water partition coefficient (Wildman–Crippen LogP) is 1.27. The molecule has 35 heavy (non-hydrogen) atoms. The minimum absolute atomic E-state index is 0.0447. The Kier molecular flexibility index (Phi) is 6.74. The highest BCUT2D eigenvalue weighted by Gasteiger charge is 2.66. The fourth-order valence-corrected chi connectivity index (χ4v) is 5.89. The molecular formula is C22H20N2O9S2. The second-order valence-corrected chi connectivity index (χ2v) is 9.72. The second kappa shape index (κ2) is 9.60. The van der Waals surface area contributed by atoms with E-state index in [1.165, 1.54) is 24.5 Å². The Hall–Kier alpha value is -3.55. The maximum absolute atomic E-state index is 13.1. The summed E-state index contributed by atoms with van der Waals surface area (Å²) in [5, 5.41) is 32.3. The summed E-state index contributed by atoms with van der Waals surface area (Å²) in [6, 6.07) is 6.95. The molecule has 0 spiro atoms. The third-order valence-electron chi connectivity index (χ3n) is 5.46. The van der Waals surface area contributed by atoms with Gasteiger partial charge in [-0.2, -0.15) is 0 Å². The van der Waals surface area contributed by atoms with Gasteiger partial charge < -0.3 is 30.1 Å². The third kappa shape index (κ3) is 4.45. The number of carbonyl (C=O) groups excluding carboxylic acids is 3. The van der Waals surface area contributed by atoms with Crippen molar-refractivity contribution in [1.82, 2.24) is 10.2 Å². The summed E-state index contributed by atoms with van der Waals surface area (Å²) >= 11 is 2.55. The van der Waals surface area contributed by atoms with Crippen LogP contribution in [0, 0.1) is 0 Å². The smallest absolute Gasteiger partial charge is 0.352 e. The first kappa shape index (κ1) is 24.6. The molecule has 1 aromatic heterocycles. The van der Waals surface area contributed by atoms with Gasteiger partial charge in [-0.05, 0) is 29.6 Å². The van der Waals surface area contributed by atoms with Crippen molar-refractivity contribution in [2.75, 3.05) is 19.5 Å². The van der Waals surface area contributed by atoms with Gasteiger partial charge in [-0.3, -0.25) is 14.5 Å². The van der Waals surface area contributed by atoms with E-state index in [2.05, 4.69) is 5.32 Å². The molecule has 2 atom stereocenters. The van der Waals surface area contributed by atoms with Crippen LogP contribution in [0.4, 0.5) is 0 Å². The molecule has 4 rings (SSSR count). The number of carboxylic acid groups (broad SMARTS) is 1. The Labute approximate surface area is 206 Å². The van der Waals surface area contributed by atoms with Crippen LogP contribution >= 0.6 is 23.1 Å². The lowest BCUT2D eigenvalue weighted by Crippen LogP contribution is -2.80. The highest BCUT2D eigenvalue weighted by molar-refractivity contribution is 8.00. The van der Waals surface area contributed by atoms with Gasteiger partial charge in [0.05, 0.1) is 12.0 Å². The molecular weight excluding hydrogens is 500 g/mol. The number of thioether (sulfide) groups is 1. The number of nitrogens with zero attached hydrogens (tertiary/aromatic N) is 1. The number of hydrogen-bond donors (Lipinski definition) is 4. The Morgan fingerprint density at radius 3 is 2.63 bits per heavy atom. The standard InChI is InChI=1S/C22H20N2O9S2/c1-32-22(23-16(27)8-13-3-2-6-34-13)20(31)24-17(18(28)29)12(10-35-21(22)24)9-33-19(30)11-4-5-14(25)15(26)7-11/h2-7,21,25-26H,8-10H2,1H3,(H,23,27)(H,28,29)/t21-,22?/m1/s1. The summed E-state index contributed by atoms with van der Waals surface area (Å²) in [5.41, 5.74) is -1.93. The van der Waals surface area contributed by atoms with Gasteiger partial charge in [0.25, 0.3) is 11.6 Å². The van der Waals surface area contributed by atoms with E-state index in [0.29, 0.717) is 0 Å². The van der Waals surface area contributed by atoms with Gasteiger partial charge in [-0.1, -0.05) is 6.07 Å². The van der Waals surface area contributed by atoms with E-state index >= 15 is 0 Å². The molecule has 11 nitrogen and oxygen atoms in total. The molecule has 2 aliphatic heterocycles. The largest absolute Gasteiger partial charge is 0.504 e. The molecule has 0 radical (unpaired) electrons. The monoisotopic (exact) mass is 520 g/mol. The first-order valence-corrected chi connectivity index (χ1v) is 12.1. The quantitative estimate of drug-likeness (QED) is 0.173. The maximum Gasteiger partial charge on any atom is 0.352 e. The van der Waals surface area contributed by atoms with Crippen LogP contribution in [-0.2, 0) is 30.3 Å². The van der Waals surface area contributed by atoms with Gasteiger partial charge in [0, 0.05) is 23.3 Å². The summed E-state index contributed by atoms with van der Waals surface area (Å²) in [4.78, 5) is 51.8. The molecule has 1 aromatic carbocycles. The topological polar surface area (TPSA) is 163 Å². The molecule has 2 amide bonds. The average molecular weight is 521 g/mol.